The van der Waals surface area contributed by atoms with Gasteiger partial charge in [0.25, 0.3) is 0 Å². The number of aryl methyl sites for hydroxylation is 1. The molecule has 0 bridgehead atoms. The van der Waals surface area contributed by atoms with Gasteiger partial charge in [-0.05, 0) is 20.8 Å². The second kappa shape index (κ2) is 5.59. The van der Waals surface area contributed by atoms with E-state index >= 15 is 0 Å². The molecule has 5 heteroatoms. The van der Waals surface area contributed by atoms with Crippen LogP contribution in [0, 0.1) is 6.92 Å². The van der Waals surface area contributed by atoms with Crippen molar-refractivity contribution in [3.8, 4) is 0 Å². The first-order chi connectivity index (χ1) is 7.43. The predicted octanol–water partition coefficient (Wildman–Crippen LogP) is 1.15. The second-order valence-electron chi connectivity index (χ2n) is 4.25. The van der Waals surface area contributed by atoms with Crippen LogP contribution < -0.4 is 5.32 Å². The van der Waals surface area contributed by atoms with E-state index in [2.05, 4.69) is 24.3 Å². The Bertz CT molecular complexity index is 375. The quantitative estimate of drug-likeness (QED) is 0.844. The van der Waals surface area contributed by atoms with Gasteiger partial charge < -0.3 is 5.32 Å². The van der Waals surface area contributed by atoms with Gasteiger partial charge in [-0.15, -0.1) is 0 Å². The van der Waals surface area contributed by atoms with Crippen LogP contribution in [0.1, 0.15) is 31.1 Å². The molecule has 0 aliphatic carbocycles. The van der Waals surface area contributed by atoms with Crippen molar-refractivity contribution in [2.45, 2.75) is 32.1 Å². The van der Waals surface area contributed by atoms with Crippen LogP contribution in [0.15, 0.2) is 6.20 Å². The van der Waals surface area contributed by atoms with E-state index in [1.165, 1.54) is 11.3 Å². The Hall–Kier alpha value is -0.680. The summed E-state index contributed by atoms with van der Waals surface area (Å²) in [5, 5.41) is 7.78. The zero-order valence-corrected chi connectivity index (χ0v) is 11.5. The minimum absolute atomic E-state index is 0.180. The summed E-state index contributed by atoms with van der Waals surface area (Å²) in [5.41, 5.74) is 2.38. The van der Waals surface area contributed by atoms with Crippen molar-refractivity contribution in [1.29, 1.82) is 0 Å². The third-order valence-corrected chi connectivity index (χ3v) is 4.32. The molecule has 1 N–H and O–H groups in total. The third-order valence-electron chi connectivity index (χ3n) is 3.02. The summed E-state index contributed by atoms with van der Waals surface area (Å²) in [6, 6.07) is 0.250. The predicted molar refractivity (Wildman–Crippen MR) is 67.9 cm³/mol. The van der Waals surface area contributed by atoms with Crippen molar-refractivity contribution >= 4 is 10.8 Å². The van der Waals surface area contributed by atoms with E-state index in [-0.39, 0.29) is 11.3 Å². The Balaban J connectivity index is 2.56. The number of hydrogen-bond donors (Lipinski definition) is 1. The maximum Gasteiger partial charge on any atom is 0.0540 e. The van der Waals surface area contributed by atoms with Crippen LogP contribution in [0.3, 0.4) is 0 Å². The largest absolute Gasteiger partial charge is 0.309 e. The van der Waals surface area contributed by atoms with Crippen LogP contribution in [0.4, 0.5) is 0 Å². The standard InChI is InChI=1S/C11H21N3OS/c1-8(16(5)15)6-12-9(2)11-7-13-14(4)10(11)3/h7-9,12H,6H2,1-5H3. The maximum atomic E-state index is 11.2. The summed E-state index contributed by atoms with van der Waals surface area (Å²) in [4.78, 5) is 0. The molecule has 1 aromatic heterocycles. The molecular weight excluding hydrogens is 222 g/mol. The average Bonchev–Trinajstić information content (AvgIpc) is 2.55. The van der Waals surface area contributed by atoms with Crippen LogP contribution in [0.2, 0.25) is 0 Å². The van der Waals surface area contributed by atoms with E-state index in [1.54, 1.807) is 6.26 Å². The fourth-order valence-electron chi connectivity index (χ4n) is 1.51. The highest BCUT2D eigenvalue weighted by Crippen LogP contribution is 2.15. The molecule has 0 spiro atoms. The van der Waals surface area contributed by atoms with E-state index in [0.29, 0.717) is 0 Å². The molecule has 0 radical (unpaired) electrons. The van der Waals surface area contributed by atoms with E-state index in [1.807, 2.05) is 24.9 Å². The van der Waals surface area contributed by atoms with E-state index in [0.717, 1.165) is 6.54 Å². The molecule has 3 unspecified atom stereocenters. The third kappa shape index (κ3) is 3.15. The van der Waals surface area contributed by atoms with Gasteiger partial charge in [0.15, 0.2) is 0 Å². The topological polar surface area (TPSA) is 46.9 Å². The summed E-state index contributed by atoms with van der Waals surface area (Å²) in [6.45, 7) is 6.92. The molecule has 0 aromatic carbocycles. The molecule has 0 amide bonds. The number of aromatic nitrogens is 2. The monoisotopic (exact) mass is 243 g/mol. The Morgan fingerprint density at radius 2 is 2.19 bits per heavy atom. The minimum Gasteiger partial charge on any atom is -0.309 e. The lowest BCUT2D eigenvalue weighted by molar-refractivity contribution is 0.565. The fraction of sp³-hybridized carbons (Fsp3) is 0.727. The first kappa shape index (κ1) is 13.4. The van der Waals surface area contributed by atoms with Gasteiger partial charge in [0.1, 0.15) is 0 Å². The van der Waals surface area contributed by atoms with Gasteiger partial charge in [-0.1, -0.05) is 0 Å². The van der Waals surface area contributed by atoms with Gasteiger partial charge in [0.05, 0.1) is 6.20 Å². The molecule has 1 rings (SSSR count). The first-order valence-corrected chi connectivity index (χ1v) is 7.09. The number of nitrogens with one attached hydrogen (secondary N) is 1. The molecule has 0 aliphatic rings. The van der Waals surface area contributed by atoms with Gasteiger partial charge in [-0.3, -0.25) is 8.89 Å². The zero-order valence-electron chi connectivity index (χ0n) is 10.7. The van der Waals surface area contributed by atoms with Gasteiger partial charge in [0, 0.05) is 53.2 Å². The van der Waals surface area contributed by atoms with E-state index < -0.39 is 10.8 Å². The van der Waals surface area contributed by atoms with Gasteiger partial charge in [-0.2, -0.15) is 5.10 Å². The van der Waals surface area contributed by atoms with Crippen LogP contribution in [-0.4, -0.2) is 32.0 Å². The normalized spacial score (nSPS) is 17.1. The van der Waals surface area contributed by atoms with Crippen molar-refractivity contribution in [2.24, 2.45) is 7.05 Å². The molecular formula is C11H21N3OS. The molecule has 0 saturated carbocycles. The zero-order chi connectivity index (χ0) is 12.3. The fourth-order valence-corrected chi connectivity index (χ4v) is 1.84. The van der Waals surface area contributed by atoms with Gasteiger partial charge in [-0.25, -0.2) is 0 Å². The Labute approximate surface area is 99.9 Å². The molecule has 0 saturated heterocycles. The number of nitrogens with zero attached hydrogens (tertiary/aromatic N) is 2. The summed E-state index contributed by atoms with van der Waals surface area (Å²) in [7, 11) is 1.17. The van der Waals surface area contributed by atoms with Crippen molar-refractivity contribution in [2.75, 3.05) is 12.8 Å². The van der Waals surface area contributed by atoms with Crippen LogP contribution in [0.5, 0.6) is 0 Å². The van der Waals surface area contributed by atoms with Crippen LogP contribution in [0.25, 0.3) is 0 Å². The molecule has 1 heterocycles. The summed E-state index contributed by atoms with van der Waals surface area (Å²) >= 11 is 0. The summed E-state index contributed by atoms with van der Waals surface area (Å²) < 4.78 is 13.1. The minimum atomic E-state index is -0.767. The number of rotatable bonds is 5. The molecule has 3 atom stereocenters. The second-order valence-corrected chi connectivity index (χ2v) is 6.05. The molecule has 4 nitrogen and oxygen atoms in total. The SMILES string of the molecule is Cc1c(C(C)NCC(C)S(C)=O)cnn1C. The summed E-state index contributed by atoms with van der Waals surface area (Å²) in [6.07, 6.45) is 3.63. The van der Waals surface area contributed by atoms with E-state index in [4.69, 9.17) is 0 Å². The van der Waals surface area contributed by atoms with Crippen molar-refractivity contribution in [1.82, 2.24) is 15.1 Å². The van der Waals surface area contributed by atoms with Crippen molar-refractivity contribution < 1.29 is 4.21 Å². The molecule has 1 aromatic rings. The highest BCUT2D eigenvalue weighted by molar-refractivity contribution is 7.84. The van der Waals surface area contributed by atoms with Crippen LogP contribution in [-0.2, 0) is 17.8 Å². The molecule has 0 aliphatic heterocycles. The molecule has 92 valence electrons. The summed E-state index contributed by atoms with van der Waals surface area (Å²) in [5.74, 6) is 0. The van der Waals surface area contributed by atoms with Crippen LogP contribution >= 0.6 is 0 Å². The highest BCUT2D eigenvalue weighted by atomic mass is 32.2. The lowest BCUT2D eigenvalue weighted by Gasteiger charge is -2.16. The smallest absolute Gasteiger partial charge is 0.0540 e. The van der Waals surface area contributed by atoms with Crippen molar-refractivity contribution in [3.05, 3.63) is 17.5 Å². The molecule has 16 heavy (non-hydrogen) atoms. The van der Waals surface area contributed by atoms with Gasteiger partial charge >= 0.3 is 0 Å². The Morgan fingerprint density at radius 3 is 2.62 bits per heavy atom. The van der Waals surface area contributed by atoms with E-state index in [9.17, 15) is 4.21 Å². The number of hydrogen-bond acceptors (Lipinski definition) is 3. The van der Waals surface area contributed by atoms with Crippen molar-refractivity contribution in [3.63, 3.8) is 0 Å². The van der Waals surface area contributed by atoms with Gasteiger partial charge in [0.2, 0.25) is 0 Å². The first-order valence-electron chi connectivity index (χ1n) is 5.47. The maximum absolute atomic E-state index is 11.2. The highest BCUT2D eigenvalue weighted by Gasteiger charge is 2.13. The Morgan fingerprint density at radius 1 is 1.56 bits per heavy atom. The Kier molecular flexibility index (Phi) is 4.68. The average molecular weight is 243 g/mol. The molecule has 0 fully saturated rings. The lowest BCUT2D eigenvalue weighted by atomic mass is 10.1. The lowest BCUT2D eigenvalue weighted by Crippen LogP contribution is -2.29.